The maximum absolute atomic E-state index is 12.4. The first-order valence-corrected chi connectivity index (χ1v) is 7.98. The van der Waals surface area contributed by atoms with Gasteiger partial charge in [0.25, 0.3) is 0 Å². The minimum Gasteiger partial charge on any atom is -0.348 e. The van der Waals surface area contributed by atoms with E-state index in [0.717, 1.165) is 15.6 Å². The summed E-state index contributed by atoms with van der Waals surface area (Å²) in [6.07, 6.45) is 0. The number of nitrogens with one attached hydrogen (secondary N) is 1. The van der Waals surface area contributed by atoms with E-state index >= 15 is 0 Å². The zero-order valence-electron chi connectivity index (χ0n) is 13.8. The molecule has 1 heterocycles. The molecule has 1 amide bonds. The minimum absolute atomic E-state index is 0. The van der Waals surface area contributed by atoms with Crippen LogP contribution in [0.2, 0.25) is 0 Å². The lowest BCUT2D eigenvalue weighted by Crippen LogP contribution is -2.48. The van der Waals surface area contributed by atoms with Crippen LogP contribution in [0.3, 0.4) is 0 Å². The van der Waals surface area contributed by atoms with Crippen LogP contribution in [-0.4, -0.2) is 16.1 Å². The standard InChI is InChI=1S/C16H22N4OS.ClH/c1-15(2,3)14-20-19-12(22-14)10-18-13(21)16(4,17)11-8-6-5-7-9-11;/h5-9H,10,17H2,1-4H3,(H,18,21);1H. The Labute approximate surface area is 147 Å². The van der Waals surface area contributed by atoms with E-state index in [1.807, 2.05) is 30.3 Å². The Balaban J connectivity index is 0.00000264. The quantitative estimate of drug-likeness (QED) is 0.884. The summed E-state index contributed by atoms with van der Waals surface area (Å²) in [6.45, 7) is 8.30. The number of nitrogens with zero attached hydrogens (tertiary/aromatic N) is 2. The third kappa shape index (κ3) is 4.73. The molecule has 0 spiro atoms. The highest BCUT2D eigenvalue weighted by Crippen LogP contribution is 2.25. The average Bonchev–Trinajstić information content (AvgIpc) is 2.94. The van der Waals surface area contributed by atoms with E-state index in [1.165, 1.54) is 11.3 Å². The van der Waals surface area contributed by atoms with E-state index in [0.29, 0.717) is 6.54 Å². The normalized spacial score (nSPS) is 13.8. The van der Waals surface area contributed by atoms with E-state index in [4.69, 9.17) is 5.73 Å². The van der Waals surface area contributed by atoms with Gasteiger partial charge in [0, 0.05) is 5.41 Å². The van der Waals surface area contributed by atoms with Gasteiger partial charge < -0.3 is 11.1 Å². The number of carbonyl (C=O) groups is 1. The van der Waals surface area contributed by atoms with Crippen molar-refractivity contribution in [3.05, 3.63) is 45.9 Å². The number of amides is 1. The van der Waals surface area contributed by atoms with Crippen LogP contribution in [0.4, 0.5) is 0 Å². The zero-order valence-corrected chi connectivity index (χ0v) is 15.4. The first-order valence-electron chi connectivity index (χ1n) is 7.17. The number of aromatic nitrogens is 2. The van der Waals surface area contributed by atoms with Crippen molar-refractivity contribution in [1.82, 2.24) is 15.5 Å². The molecule has 126 valence electrons. The number of carbonyl (C=O) groups excluding carboxylic acids is 1. The smallest absolute Gasteiger partial charge is 0.244 e. The molecule has 1 unspecified atom stereocenters. The third-order valence-corrected chi connectivity index (χ3v) is 4.70. The van der Waals surface area contributed by atoms with E-state index in [9.17, 15) is 4.79 Å². The van der Waals surface area contributed by atoms with Crippen LogP contribution in [-0.2, 0) is 22.3 Å². The Morgan fingerprint density at radius 3 is 2.30 bits per heavy atom. The van der Waals surface area contributed by atoms with Crippen molar-refractivity contribution in [1.29, 1.82) is 0 Å². The molecular weight excluding hydrogens is 332 g/mol. The van der Waals surface area contributed by atoms with Gasteiger partial charge in [0.05, 0.1) is 6.54 Å². The van der Waals surface area contributed by atoms with E-state index in [1.54, 1.807) is 6.92 Å². The topological polar surface area (TPSA) is 80.9 Å². The molecule has 1 aromatic heterocycles. The number of hydrogen-bond acceptors (Lipinski definition) is 5. The second-order valence-corrected chi connectivity index (χ2v) is 7.56. The molecule has 2 rings (SSSR count). The molecule has 1 aromatic carbocycles. The Morgan fingerprint density at radius 1 is 1.17 bits per heavy atom. The lowest BCUT2D eigenvalue weighted by molar-refractivity contribution is -0.126. The van der Waals surface area contributed by atoms with E-state index in [2.05, 4.69) is 36.3 Å². The molecule has 23 heavy (non-hydrogen) atoms. The highest BCUT2D eigenvalue weighted by molar-refractivity contribution is 7.11. The zero-order chi connectivity index (χ0) is 16.4. The molecular formula is C16H23ClN4OS. The van der Waals surface area contributed by atoms with Crippen molar-refractivity contribution in [3.8, 4) is 0 Å². The summed E-state index contributed by atoms with van der Waals surface area (Å²) in [4.78, 5) is 12.4. The van der Waals surface area contributed by atoms with Gasteiger partial charge in [-0.1, -0.05) is 62.4 Å². The van der Waals surface area contributed by atoms with Crippen molar-refractivity contribution in [2.45, 2.75) is 45.2 Å². The summed E-state index contributed by atoms with van der Waals surface area (Å²) in [5.74, 6) is -0.230. The first-order chi connectivity index (χ1) is 10.2. The molecule has 0 aliphatic heterocycles. The van der Waals surface area contributed by atoms with Gasteiger partial charge in [0.2, 0.25) is 5.91 Å². The summed E-state index contributed by atoms with van der Waals surface area (Å²) in [6, 6.07) is 9.33. The van der Waals surface area contributed by atoms with Crippen LogP contribution in [0.1, 0.15) is 43.3 Å². The molecule has 0 saturated carbocycles. The van der Waals surface area contributed by atoms with Crippen LogP contribution in [0.15, 0.2) is 30.3 Å². The third-order valence-electron chi connectivity index (χ3n) is 3.35. The van der Waals surface area contributed by atoms with Gasteiger partial charge in [-0.15, -0.1) is 22.6 Å². The molecule has 7 heteroatoms. The fourth-order valence-electron chi connectivity index (χ4n) is 1.88. The second-order valence-electron chi connectivity index (χ2n) is 6.50. The van der Waals surface area contributed by atoms with Crippen molar-refractivity contribution < 1.29 is 4.79 Å². The summed E-state index contributed by atoms with van der Waals surface area (Å²) in [5.41, 5.74) is 5.85. The molecule has 0 radical (unpaired) electrons. The summed E-state index contributed by atoms with van der Waals surface area (Å²) in [5, 5.41) is 12.9. The van der Waals surface area contributed by atoms with Crippen molar-refractivity contribution in [3.63, 3.8) is 0 Å². The van der Waals surface area contributed by atoms with Gasteiger partial charge in [-0.05, 0) is 12.5 Å². The number of halogens is 1. The number of benzene rings is 1. The molecule has 1 atom stereocenters. The molecule has 0 fully saturated rings. The van der Waals surface area contributed by atoms with Gasteiger partial charge in [-0.25, -0.2) is 0 Å². The van der Waals surface area contributed by atoms with Crippen LogP contribution < -0.4 is 11.1 Å². The average molecular weight is 355 g/mol. The lowest BCUT2D eigenvalue weighted by Gasteiger charge is -2.23. The monoisotopic (exact) mass is 354 g/mol. The first kappa shape index (κ1) is 19.5. The van der Waals surface area contributed by atoms with Gasteiger partial charge in [0.1, 0.15) is 15.6 Å². The van der Waals surface area contributed by atoms with Crippen LogP contribution >= 0.6 is 23.7 Å². The maximum Gasteiger partial charge on any atom is 0.244 e. The molecule has 3 N–H and O–H groups in total. The summed E-state index contributed by atoms with van der Waals surface area (Å²) in [7, 11) is 0. The van der Waals surface area contributed by atoms with Crippen LogP contribution in [0, 0.1) is 0 Å². The van der Waals surface area contributed by atoms with Crippen molar-refractivity contribution in [2.75, 3.05) is 0 Å². The Hall–Kier alpha value is -1.50. The lowest BCUT2D eigenvalue weighted by atomic mass is 9.92. The second kappa shape index (κ2) is 7.38. The van der Waals surface area contributed by atoms with Gasteiger partial charge in [-0.3, -0.25) is 4.79 Å². The highest BCUT2D eigenvalue weighted by Gasteiger charge is 2.30. The Morgan fingerprint density at radius 2 is 1.78 bits per heavy atom. The molecule has 0 aliphatic rings. The summed E-state index contributed by atoms with van der Waals surface area (Å²) < 4.78 is 0. The minimum atomic E-state index is -1.07. The van der Waals surface area contributed by atoms with E-state index in [-0.39, 0.29) is 23.7 Å². The van der Waals surface area contributed by atoms with Gasteiger partial charge >= 0.3 is 0 Å². The highest BCUT2D eigenvalue weighted by atomic mass is 35.5. The van der Waals surface area contributed by atoms with Crippen molar-refractivity contribution in [2.24, 2.45) is 5.73 Å². The van der Waals surface area contributed by atoms with Gasteiger partial charge in [0.15, 0.2) is 0 Å². The molecule has 0 bridgehead atoms. The SMILES string of the molecule is CC(C)(C)c1nnc(CNC(=O)C(C)(N)c2ccccc2)s1.Cl. The van der Waals surface area contributed by atoms with Crippen molar-refractivity contribution >= 4 is 29.7 Å². The van der Waals surface area contributed by atoms with E-state index < -0.39 is 5.54 Å². The maximum atomic E-state index is 12.4. The van der Waals surface area contributed by atoms with Crippen LogP contribution in [0.25, 0.3) is 0 Å². The number of hydrogen-bond donors (Lipinski definition) is 2. The Kier molecular flexibility index (Phi) is 6.27. The molecule has 2 aromatic rings. The predicted molar refractivity (Wildman–Crippen MR) is 95.7 cm³/mol. The molecule has 0 saturated heterocycles. The predicted octanol–water partition coefficient (Wildman–Crippen LogP) is 2.75. The largest absolute Gasteiger partial charge is 0.348 e. The molecule has 5 nitrogen and oxygen atoms in total. The molecule has 0 aliphatic carbocycles. The Bertz CT molecular complexity index is 650. The van der Waals surface area contributed by atoms with Gasteiger partial charge in [-0.2, -0.15) is 0 Å². The number of rotatable bonds is 4. The fourth-order valence-corrected chi connectivity index (χ4v) is 2.72. The van der Waals surface area contributed by atoms with Crippen LogP contribution in [0.5, 0.6) is 0 Å². The fraction of sp³-hybridized carbons (Fsp3) is 0.438. The summed E-state index contributed by atoms with van der Waals surface area (Å²) >= 11 is 1.51. The number of nitrogens with two attached hydrogens (primary N) is 1.